The fourth-order valence-corrected chi connectivity index (χ4v) is 4.70. The third kappa shape index (κ3) is 3.12. The first kappa shape index (κ1) is 15.2. The van der Waals surface area contributed by atoms with Gasteiger partial charge in [-0.15, -0.1) is 0 Å². The molecule has 0 bridgehead atoms. The van der Waals surface area contributed by atoms with Gasteiger partial charge < -0.3 is 3.87 Å². The second kappa shape index (κ2) is 4.67. The monoisotopic (exact) mass is 298 g/mol. The van der Waals surface area contributed by atoms with Crippen molar-refractivity contribution in [3.8, 4) is 0 Å². The van der Waals surface area contributed by atoms with Crippen LogP contribution in [-0.4, -0.2) is 16.7 Å². The molecule has 0 aromatic heterocycles. The van der Waals surface area contributed by atoms with Crippen LogP contribution in [0.2, 0.25) is 19.6 Å². The first-order valence-corrected chi connectivity index (χ1v) is 9.87. The summed E-state index contributed by atoms with van der Waals surface area (Å²) < 4.78 is 68.4. The molecule has 0 heterocycles. The molecule has 1 aromatic carbocycles. The van der Waals surface area contributed by atoms with E-state index in [1.165, 1.54) is 25.7 Å². The van der Waals surface area contributed by atoms with Gasteiger partial charge in [-0.05, 0) is 31.8 Å². The maximum Gasteiger partial charge on any atom is 0.397 e. The minimum Gasteiger partial charge on any atom is -0.311 e. The first-order valence-electron chi connectivity index (χ1n) is 5.05. The SMILES string of the molecule is C[Si](C)(C)OS(=O)(=O)C(F)(F)c1ccccc1F. The number of hydrogen-bond acceptors (Lipinski definition) is 3. The van der Waals surface area contributed by atoms with Crippen LogP contribution in [0.15, 0.2) is 24.3 Å². The Bertz CT molecular complexity index is 538. The zero-order valence-electron chi connectivity index (χ0n) is 10.1. The van der Waals surface area contributed by atoms with Gasteiger partial charge >= 0.3 is 15.4 Å². The van der Waals surface area contributed by atoms with Crippen molar-refractivity contribution >= 4 is 18.4 Å². The van der Waals surface area contributed by atoms with Crippen LogP contribution in [0.4, 0.5) is 13.2 Å². The van der Waals surface area contributed by atoms with Crippen LogP contribution in [0.1, 0.15) is 5.56 Å². The molecule has 0 aliphatic carbocycles. The van der Waals surface area contributed by atoms with Gasteiger partial charge in [-0.1, -0.05) is 12.1 Å². The largest absolute Gasteiger partial charge is 0.397 e. The van der Waals surface area contributed by atoms with E-state index >= 15 is 0 Å². The highest BCUT2D eigenvalue weighted by Gasteiger charge is 2.51. The van der Waals surface area contributed by atoms with Gasteiger partial charge in [0.05, 0.1) is 5.56 Å². The number of rotatable bonds is 4. The smallest absolute Gasteiger partial charge is 0.311 e. The van der Waals surface area contributed by atoms with E-state index in [2.05, 4.69) is 3.87 Å². The predicted octanol–water partition coefficient (Wildman–Crippen LogP) is 3.06. The summed E-state index contributed by atoms with van der Waals surface area (Å²) in [5.74, 6) is -1.29. The standard InChI is InChI=1S/C10H13F3O3SSi/c1-18(2,3)16-17(14,15)10(12,13)8-6-4-5-7-9(8)11/h4-7H,1-3H3. The third-order valence-corrected chi connectivity index (χ3v) is 5.59. The lowest BCUT2D eigenvalue weighted by molar-refractivity contribution is 0.0759. The van der Waals surface area contributed by atoms with Crippen molar-refractivity contribution in [2.45, 2.75) is 24.9 Å². The van der Waals surface area contributed by atoms with Crippen LogP contribution >= 0.6 is 0 Å². The van der Waals surface area contributed by atoms with E-state index in [-0.39, 0.29) is 0 Å². The van der Waals surface area contributed by atoms with E-state index in [4.69, 9.17) is 0 Å². The zero-order valence-corrected chi connectivity index (χ0v) is 11.9. The lowest BCUT2D eigenvalue weighted by Gasteiger charge is -2.23. The number of benzene rings is 1. The molecule has 0 unspecified atom stereocenters. The van der Waals surface area contributed by atoms with Gasteiger partial charge in [0.2, 0.25) is 8.32 Å². The Morgan fingerprint density at radius 2 is 1.67 bits per heavy atom. The highest BCUT2D eigenvalue weighted by atomic mass is 32.2. The summed E-state index contributed by atoms with van der Waals surface area (Å²) in [5.41, 5.74) is -1.21. The van der Waals surface area contributed by atoms with E-state index in [0.717, 1.165) is 18.2 Å². The average molecular weight is 298 g/mol. The van der Waals surface area contributed by atoms with Crippen LogP contribution in [0.5, 0.6) is 0 Å². The Hall–Kier alpha value is -0.863. The second-order valence-electron chi connectivity index (χ2n) is 4.65. The van der Waals surface area contributed by atoms with Crippen molar-refractivity contribution in [2.75, 3.05) is 0 Å². The average Bonchev–Trinajstić information content (AvgIpc) is 2.13. The van der Waals surface area contributed by atoms with Crippen molar-refractivity contribution in [2.24, 2.45) is 0 Å². The van der Waals surface area contributed by atoms with Gasteiger partial charge in [-0.2, -0.15) is 17.2 Å². The van der Waals surface area contributed by atoms with Crippen molar-refractivity contribution in [1.29, 1.82) is 0 Å². The van der Waals surface area contributed by atoms with Gasteiger partial charge in [0.1, 0.15) is 5.82 Å². The van der Waals surface area contributed by atoms with Crippen LogP contribution in [-0.2, 0) is 19.2 Å². The molecule has 0 radical (unpaired) electrons. The molecule has 0 spiro atoms. The summed E-state index contributed by atoms with van der Waals surface area (Å²) in [7, 11) is -7.95. The molecule has 1 rings (SSSR count). The fourth-order valence-electron chi connectivity index (χ4n) is 1.21. The Morgan fingerprint density at radius 1 is 1.17 bits per heavy atom. The predicted molar refractivity (Wildman–Crippen MR) is 63.6 cm³/mol. The van der Waals surface area contributed by atoms with Crippen molar-refractivity contribution in [3.05, 3.63) is 35.6 Å². The zero-order chi connectivity index (χ0) is 14.2. The van der Waals surface area contributed by atoms with Crippen LogP contribution < -0.4 is 0 Å². The van der Waals surface area contributed by atoms with Gasteiger partial charge in [0.15, 0.2) is 0 Å². The highest BCUT2D eigenvalue weighted by molar-refractivity contribution is 7.88. The molecule has 0 saturated carbocycles. The van der Waals surface area contributed by atoms with E-state index in [0.29, 0.717) is 0 Å². The van der Waals surface area contributed by atoms with Crippen LogP contribution in [0.3, 0.4) is 0 Å². The minimum atomic E-state index is -5.20. The summed E-state index contributed by atoms with van der Waals surface area (Å²) in [4.78, 5) is 0. The fraction of sp³-hybridized carbons (Fsp3) is 0.400. The highest BCUT2D eigenvalue weighted by Crippen LogP contribution is 2.37. The summed E-state index contributed by atoms with van der Waals surface area (Å²) in [6.45, 7) is 4.34. The Morgan fingerprint density at radius 3 is 2.11 bits per heavy atom. The van der Waals surface area contributed by atoms with Crippen molar-refractivity contribution < 1.29 is 25.5 Å². The molecule has 0 amide bonds. The molecule has 8 heteroatoms. The molecule has 1 aromatic rings. The molecular weight excluding hydrogens is 285 g/mol. The van der Waals surface area contributed by atoms with Crippen molar-refractivity contribution in [1.82, 2.24) is 0 Å². The molecule has 102 valence electrons. The van der Waals surface area contributed by atoms with Crippen LogP contribution in [0.25, 0.3) is 0 Å². The molecule has 18 heavy (non-hydrogen) atoms. The van der Waals surface area contributed by atoms with E-state index in [1.54, 1.807) is 0 Å². The third-order valence-electron chi connectivity index (χ3n) is 1.86. The Kier molecular flexibility index (Phi) is 3.94. The normalized spacial score (nSPS) is 13.7. The van der Waals surface area contributed by atoms with Crippen LogP contribution in [0, 0.1) is 5.82 Å². The molecule has 0 aliphatic rings. The number of halogens is 3. The number of alkyl halides is 2. The molecule has 0 aliphatic heterocycles. The van der Waals surface area contributed by atoms with E-state index < -0.39 is 35.1 Å². The molecule has 0 saturated heterocycles. The number of hydrogen-bond donors (Lipinski definition) is 0. The van der Waals surface area contributed by atoms with Gasteiger partial charge in [-0.25, -0.2) is 4.39 Å². The lowest BCUT2D eigenvalue weighted by atomic mass is 10.2. The van der Waals surface area contributed by atoms with Gasteiger partial charge in [0, 0.05) is 0 Å². The van der Waals surface area contributed by atoms with E-state index in [1.807, 2.05) is 0 Å². The first-order chi connectivity index (χ1) is 7.97. The Balaban J connectivity index is 3.26. The topological polar surface area (TPSA) is 43.4 Å². The summed E-state index contributed by atoms with van der Waals surface area (Å²) >= 11 is 0. The second-order valence-corrected chi connectivity index (χ2v) is 11.0. The molecule has 0 N–H and O–H groups in total. The maximum atomic E-state index is 13.8. The summed E-state index contributed by atoms with van der Waals surface area (Å²) in [6.07, 6.45) is 0. The maximum absolute atomic E-state index is 13.8. The lowest BCUT2D eigenvalue weighted by Crippen LogP contribution is -2.37. The van der Waals surface area contributed by atoms with Gasteiger partial charge in [-0.3, -0.25) is 0 Å². The summed E-state index contributed by atoms with van der Waals surface area (Å²) in [6, 6.07) is 3.82. The molecule has 3 nitrogen and oxygen atoms in total. The van der Waals surface area contributed by atoms with E-state index in [9.17, 15) is 21.6 Å². The molecule has 0 fully saturated rings. The Labute approximate surface area is 105 Å². The quantitative estimate of drug-likeness (QED) is 0.802. The molecule has 0 atom stereocenters. The van der Waals surface area contributed by atoms with Gasteiger partial charge in [0.25, 0.3) is 0 Å². The minimum absolute atomic E-state index is 0.723. The molecular formula is C10H13F3O3SSi. The summed E-state index contributed by atoms with van der Waals surface area (Å²) in [5, 5.41) is -4.40. The van der Waals surface area contributed by atoms with Crippen molar-refractivity contribution in [3.63, 3.8) is 0 Å².